The minimum absolute atomic E-state index is 0.00888. The summed E-state index contributed by atoms with van der Waals surface area (Å²) in [5, 5.41) is 2.76. The van der Waals surface area contributed by atoms with Gasteiger partial charge in [-0.05, 0) is 43.4 Å². The molecule has 0 bridgehead atoms. The first-order chi connectivity index (χ1) is 12.6. The number of hydrogen-bond donors (Lipinski definition) is 1. The third kappa shape index (κ3) is 3.70. The maximum Gasteiger partial charge on any atom is 0.262 e. The van der Waals surface area contributed by atoms with Gasteiger partial charge in [0.25, 0.3) is 11.8 Å². The van der Waals surface area contributed by atoms with Crippen molar-refractivity contribution in [2.24, 2.45) is 5.92 Å². The van der Waals surface area contributed by atoms with Gasteiger partial charge in [0.05, 0.1) is 17.9 Å². The molecule has 2 heterocycles. The van der Waals surface area contributed by atoms with E-state index < -0.39 is 0 Å². The fourth-order valence-electron chi connectivity index (χ4n) is 3.75. The molecule has 1 N–H and O–H groups in total. The lowest BCUT2D eigenvalue weighted by Crippen LogP contribution is -2.50. The first-order valence-electron chi connectivity index (χ1n) is 9.65. The van der Waals surface area contributed by atoms with E-state index in [-0.39, 0.29) is 30.6 Å². The summed E-state index contributed by atoms with van der Waals surface area (Å²) < 4.78 is 11.7. The van der Waals surface area contributed by atoms with E-state index in [1.807, 2.05) is 4.90 Å². The second-order valence-corrected chi connectivity index (χ2v) is 7.53. The predicted molar refractivity (Wildman–Crippen MR) is 97.4 cm³/mol. The number of hydrogen-bond acceptors (Lipinski definition) is 4. The van der Waals surface area contributed by atoms with Gasteiger partial charge in [0.2, 0.25) is 0 Å². The number of carbonyl (C=O) groups excluding carboxylic acids is 2. The van der Waals surface area contributed by atoms with Gasteiger partial charge in [-0.3, -0.25) is 9.59 Å². The van der Waals surface area contributed by atoms with E-state index in [4.69, 9.17) is 9.47 Å². The van der Waals surface area contributed by atoms with Crippen molar-refractivity contribution in [3.05, 3.63) is 23.8 Å². The van der Waals surface area contributed by atoms with Crippen molar-refractivity contribution in [3.63, 3.8) is 0 Å². The van der Waals surface area contributed by atoms with Gasteiger partial charge in [-0.1, -0.05) is 19.8 Å². The smallest absolute Gasteiger partial charge is 0.262 e. The molecule has 0 unspecified atom stereocenters. The molecule has 140 valence electrons. The number of nitrogens with zero attached hydrogens (tertiary/aromatic N) is 1. The van der Waals surface area contributed by atoms with Crippen LogP contribution in [0.2, 0.25) is 0 Å². The summed E-state index contributed by atoms with van der Waals surface area (Å²) in [6.07, 6.45) is 5.97. The lowest BCUT2D eigenvalue weighted by atomic mass is 10.0. The number of unbranched alkanes of at least 4 members (excludes halogenated alkanes) is 1. The van der Waals surface area contributed by atoms with Crippen LogP contribution in [0, 0.1) is 5.92 Å². The Labute approximate surface area is 153 Å². The van der Waals surface area contributed by atoms with Crippen molar-refractivity contribution in [1.29, 1.82) is 0 Å². The zero-order valence-corrected chi connectivity index (χ0v) is 15.2. The zero-order valence-electron chi connectivity index (χ0n) is 15.2. The van der Waals surface area contributed by atoms with Crippen LogP contribution >= 0.6 is 0 Å². The first kappa shape index (κ1) is 17.3. The van der Waals surface area contributed by atoms with E-state index in [1.165, 1.54) is 12.8 Å². The molecule has 2 atom stereocenters. The molecule has 1 aromatic rings. The molecule has 3 aliphatic rings. The molecule has 0 radical (unpaired) electrons. The van der Waals surface area contributed by atoms with Crippen molar-refractivity contribution in [2.45, 2.75) is 51.2 Å². The molecule has 6 heteroatoms. The summed E-state index contributed by atoms with van der Waals surface area (Å²) in [6, 6.07) is 5.24. The number of benzene rings is 1. The number of anilines is 1. The number of rotatable bonds is 5. The van der Waals surface area contributed by atoms with Crippen molar-refractivity contribution in [2.75, 3.05) is 25.0 Å². The number of amides is 2. The molecule has 2 aliphatic heterocycles. The largest absolute Gasteiger partial charge is 0.482 e. The van der Waals surface area contributed by atoms with Crippen LogP contribution in [0.3, 0.4) is 0 Å². The summed E-state index contributed by atoms with van der Waals surface area (Å²) in [5.41, 5.74) is 1.22. The Morgan fingerprint density at radius 3 is 2.92 bits per heavy atom. The Morgan fingerprint density at radius 2 is 2.15 bits per heavy atom. The molecule has 0 aromatic heterocycles. The lowest BCUT2D eigenvalue weighted by Gasteiger charge is -2.38. The number of ether oxygens (including phenoxy) is 2. The highest BCUT2D eigenvalue weighted by Crippen LogP contribution is 2.37. The van der Waals surface area contributed by atoms with Gasteiger partial charge in [0, 0.05) is 18.7 Å². The monoisotopic (exact) mass is 358 g/mol. The molecule has 4 rings (SSSR count). The predicted octanol–water partition coefficient (Wildman–Crippen LogP) is 2.83. The SMILES string of the molecule is CCCC[C@@H]1CN(C(=O)c2ccc3c(c2)OCC(=O)N3)C[C@H](C2CC2)O1. The zero-order chi connectivity index (χ0) is 18.1. The average Bonchev–Trinajstić information content (AvgIpc) is 3.50. The van der Waals surface area contributed by atoms with Crippen LogP contribution in [0.5, 0.6) is 5.75 Å². The van der Waals surface area contributed by atoms with Crippen LogP contribution in [0.15, 0.2) is 18.2 Å². The number of carbonyl (C=O) groups is 2. The molecule has 26 heavy (non-hydrogen) atoms. The quantitative estimate of drug-likeness (QED) is 0.879. The Hall–Kier alpha value is -2.08. The second kappa shape index (κ2) is 7.27. The van der Waals surface area contributed by atoms with Crippen LogP contribution in [0.1, 0.15) is 49.4 Å². The van der Waals surface area contributed by atoms with Gasteiger partial charge in [0.15, 0.2) is 6.61 Å². The maximum absolute atomic E-state index is 13.1. The lowest BCUT2D eigenvalue weighted by molar-refractivity contribution is -0.118. The molecular weight excluding hydrogens is 332 g/mol. The minimum Gasteiger partial charge on any atom is -0.482 e. The summed E-state index contributed by atoms with van der Waals surface area (Å²) in [4.78, 5) is 26.4. The van der Waals surface area contributed by atoms with Gasteiger partial charge < -0.3 is 19.7 Å². The van der Waals surface area contributed by atoms with E-state index in [2.05, 4.69) is 12.2 Å². The van der Waals surface area contributed by atoms with Crippen LogP contribution in [-0.4, -0.2) is 48.6 Å². The number of fused-ring (bicyclic) bond motifs is 1. The second-order valence-electron chi connectivity index (χ2n) is 7.53. The summed E-state index contributed by atoms with van der Waals surface area (Å²) in [5.74, 6) is 1.02. The minimum atomic E-state index is -0.171. The molecule has 2 amide bonds. The van der Waals surface area contributed by atoms with Gasteiger partial charge >= 0.3 is 0 Å². The highest BCUT2D eigenvalue weighted by atomic mass is 16.5. The van der Waals surface area contributed by atoms with Gasteiger partial charge in [-0.25, -0.2) is 0 Å². The van der Waals surface area contributed by atoms with E-state index in [0.29, 0.717) is 36.0 Å². The fourth-order valence-corrected chi connectivity index (χ4v) is 3.75. The van der Waals surface area contributed by atoms with E-state index >= 15 is 0 Å². The topological polar surface area (TPSA) is 67.9 Å². The number of morpholine rings is 1. The molecule has 1 aliphatic carbocycles. The Kier molecular flexibility index (Phi) is 4.85. The van der Waals surface area contributed by atoms with Crippen molar-refractivity contribution < 1.29 is 19.1 Å². The molecule has 2 fully saturated rings. The highest BCUT2D eigenvalue weighted by Gasteiger charge is 2.39. The van der Waals surface area contributed by atoms with Crippen LogP contribution in [0.4, 0.5) is 5.69 Å². The summed E-state index contributed by atoms with van der Waals surface area (Å²) in [6.45, 7) is 3.48. The van der Waals surface area contributed by atoms with Crippen molar-refractivity contribution >= 4 is 17.5 Å². The molecule has 1 aromatic carbocycles. The van der Waals surface area contributed by atoms with Crippen LogP contribution in [-0.2, 0) is 9.53 Å². The fraction of sp³-hybridized carbons (Fsp3) is 0.600. The molecule has 1 saturated carbocycles. The average molecular weight is 358 g/mol. The van der Waals surface area contributed by atoms with Gasteiger partial charge in [-0.2, -0.15) is 0 Å². The Bertz CT molecular complexity index is 701. The maximum atomic E-state index is 13.1. The third-order valence-corrected chi connectivity index (χ3v) is 5.37. The normalized spacial score (nSPS) is 25.3. The number of nitrogens with one attached hydrogen (secondary N) is 1. The first-order valence-corrected chi connectivity index (χ1v) is 9.65. The van der Waals surface area contributed by atoms with Crippen LogP contribution in [0.25, 0.3) is 0 Å². The summed E-state index contributed by atoms with van der Waals surface area (Å²) in [7, 11) is 0. The molecular formula is C20H26N2O4. The van der Waals surface area contributed by atoms with E-state index in [1.54, 1.807) is 18.2 Å². The van der Waals surface area contributed by atoms with E-state index in [0.717, 1.165) is 19.3 Å². The molecule has 1 saturated heterocycles. The standard InChI is InChI=1S/C20H26N2O4/c1-2-3-4-15-10-22(11-18(26-15)13-5-6-13)20(24)14-7-8-16-17(9-14)25-12-19(23)21-16/h7-9,13,15,18H,2-6,10-12H2,1H3,(H,21,23)/t15-,18-/m1/s1. The molecule has 0 spiro atoms. The Morgan fingerprint density at radius 1 is 1.31 bits per heavy atom. The Balaban J connectivity index is 1.49. The third-order valence-electron chi connectivity index (χ3n) is 5.37. The van der Waals surface area contributed by atoms with Crippen LogP contribution < -0.4 is 10.1 Å². The van der Waals surface area contributed by atoms with Crippen molar-refractivity contribution in [3.8, 4) is 5.75 Å². The van der Waals surface area contributed by atoms with Gasteiger partial charge in [0.1, 0.15) is 5.75 Å². The van der Waals surface area contributed by atoms with E-state index in [9.17, 15) is 9.59 Å². The summed E-state index contributed by atoms with van der Waals surface area (Å²) >= 11 is 0. The van der Waals surface area contributed by atoms with Gasteiger partial charge in [-0.15, -0.1) is 0 Å². The van der Waals surface area contributed by atoms with Crippen molar-refractivity contribution in [1.82, 2.24) is 4.90 Å². The highest BCUT2D eigenvalue weighted by molar-refractivity contribution is 5.99. The molecule has 6 nitrogen and oxygen atoms in total.